The maximum atomic E-state index is 12.7. The molecule has 1 fully saturated rings. The van der Waals surface area contributed by atoms with Crippen LogP contribution in [0.3, 0.4) is 0 Å². The number of esters is 1. The summed E-state index contributed by atoms with van der Waals surface area (Å²) in [6.45, 7) is 6.40. The summed E-state index contributed by atoms with van der Waals surface area (Å²) in [7, 11) is 0. The summed E-state index contributed by atoms with van der Waals surface area (Å²) in [5, 5.41) is 0. The van der Waals surface area contributed by atoms with Crippen LogP contribution in [0.2, 0.25) is 0 Å². The van der Waals surface area contributed by atoms with Gasteiger partial charge in [0.25, 0.3) is 0 Å². The van der Waals surface area contributed by atoms with Crippen LogP contribution >= 0.6 is 0 Å². The molecule has 1 aliphatic carbocycles. The second-order valence-electron chi connectivity index (χ2n) is 9.23. The molecule has 2 aromatic carbocycles. The zero-order chi connectivity index (χ0) is 21.8. The van der Waals surface area contributed by atoms with Gasteiger partial charge in [0.15, 0.2) is 0 Å². The first-order valence-electron chi connectivity index (χ1n) is 11.3. The van der Waals surface area contributed by atoms with Gasteiger partial charge in [0.05, 0.1) is 0 Å². The van der Waals surface area contributed by atoms with Gasteiger partial charge in [0.1, 0.15) is 12.2 Å². The summed E-state index contributed by atoms with van der Waals surface area (Å²) in [4.78, 5) is 23.0. The van der Waals surface area contributed by atoms with E-state index in [4.69, 9.17) is 14.5 Å². The van der Waals surface area contributed by atoms with Gasteiger partial charge in [-0.15, -0.1) is 0 Å². The fourth-order valence-corrected chi connectivity index (χ4v) is 4.80. The normalized spacial score (nSPS) is 26.4. The zero-order valence-electron chi connectivity index (χ0n) is 18.6. The van der Waals surface area contributed by atoms with Crippen molar-refractivity contribution < 1.29 is 19.3 Å². The minimum absolute atomic E-state index is 0.116. The Morgan fingerprint density at radius 2 is 1.58 bits per heavy atom. The standard InChI is InChI=1S/C27H32O4/c1-19-13-18-25(31-30-19)26(28)29-24-12-8-7-11-23(24)27(2,3)22-16-14-21(15-17-22)20-9-5-4-6-10-20/h4-6,9-10,13-19,23-25H,7-8,11-12H2,1-3H3/t19-,23+,24+,25-/m1/s1. The van der Waals surface area contributed by atoms with Crippen LogP contribution in [0.15, 0.2) is 66.7 Å². The van der Waals surface area contributed by atoms with Crippen molar-refractivity contribution in [1.29, 1.82) is 0 Å². The van der Waals surface area contributed by atoms with Crippen molar-refractivity contribution in [3.8, 4) is 11.1 Å². The van der Waals surface area contributed by atoms with Crippen LogP contribution in [0.5, 0.6) is 0 Å². The molecule has 0 aromatic heterocycles. The molecule has 0 N–H and O–H groups in total. The van der Waals surface area contributed by atoms with Gasteiger partial charge in [-0.25, -0.2) is 14.6 Å². The molecule has 1 aliphatic heterocycles. The first-order valence-corrected chi connectivity index (χ1v) is 11.3. The summed E-state index contributed by atoms with van der Waals surface area (Å²) in [5.74, 6) is -0.115. The van der Waals surface area contributed by atoms with E-state index in [1.54, 1.807) is 6.08 Å². The molecule has 0 bridgehead atoms. The summed E-state index contributed by atoms with van der Waals surface area (Å²) in [5.41, 5.74) is 3.58. The average molecular weight is 421 g/mol. The van der Waals surface area contributed by atoms with Crippen LogP contribution in [-0.2, 0) is 24.7 Å². The first kappa shape index (κ1) is 21.8. The third-order valence-corrected chi connectivity index (χ3v) is 6.73. The van der Waals surface area contributed by atoms with Crippen molar-refractivity contribution in [2.45, 2.75) is 70.2 Å². The fourth-order valence-electron chi connectivity index (χ4n) is 4.80. The number of benzene rings is 2. The predicted octanol–water partition coefficient (Wildman–Crippen LogP) is 6.01. The molecule has 4 rings (SSSR count). The molecule has 0 unspecified atom stereocenters. The topological polar surface area (TPSA) is 44.8 Å². The van der Waals surface area contributed by atoms with Gasteiger partial charge in [-0.1, -0.05) is 80.9 Å². The lowest BCUT2D eigenvalue weighted by atomic mass is 9.66. The van der Waals surface area contributed by atoms with Crippen LogP contribution < -0.4 is 0 Å². The van der Waals surface area contributed by atoms with E-state index in [9.17, 15) is 4.79 Å². The Kier molecular flexibility index (Phi) is 6.59. The second-order valence-corrected chi connectivity index (χ2v) is 9.23. The fraction of sp³-hybridized carbons (Fsp3) is 0.444. The van der Waals surface area contributed by atoms with Gasteiger partial charge in [-0.05, 0) is 54.4 Å². The predicted molar refractivity (Wildman–Crippen MR) is 121 cm³/mol. The van der Waals surface area contributed by atoms with E-state index in [1.807, 2.05) is 19.1 Å². The lowest BCUT2D eigenvalue weighted by Crippen LogP contribution is -2.43. The maximum absolute atomic E-state index is 12.7. The number of ether oxygens (including phenoxy) is 1. The highest BCUT2D eigenvalue weighted by atomic mass is 17.2. The van der Waals surface area contributed by atoms with Crippen molar-refractivity contribution in [2.24, 2.45) is 5.92 Å². The van der Waals surface area contributed by atoms with Crippen molar-refractivity contribution in [3.63, 3.8) is 0 Å². The van der Waals surface area contributed by atoms with Crippen molar-refractivity contribution in [3.05, 3.63) is 72.3 Å². The maximum Gasteiger partial charge on any atom is 0.343 e. The number of hydrogen-bond acceptors (Lipinski definition) is 4. The highest BCUT2D eigenvalue weighted by Crippen LogP contribution is 2.42. The Morgan fingerprint density at radius 1 is 0.903 bits per heavy atom. The third kappa shape index (κ3) is 4.91. The number of hydrogen-bond donors (Lipinski definition) is 0. The van der Waals surface area contributed by atoms with Crippen LogP contribution in [0.1, 0.15) is 52.0 Å². The highest BCUT2D eigenvalue weighted by molar-refractivity contribution is 5.77. The first-order chi connectivity index (χ1) is 14.9. The molecule has 0 amide bonds. The summed E-state index contributed by atoms with van der Waals surface area (Å²) < 4.78 is 5.98. The van der Waals surface area contributed by atoms with Crippen LogP contribution in [0.25, 0.3) is 11.1 Å². The van der Waals surface area contributed by atoms with Crippen molar-refractivity contribution in [1.82, 2.24) is 0 Å². The van der Waals surface area contributed by atoms with Gasteiger partial charge in [0, 0.05) is 5.92 Å². The van der Waals surface area contributed by atoms with Crippen LogP contribution in [-0.4, -0.2) is 24.3 Å². The Hall–Kier alpha value is -2.43. The zero-order valence-corrected chi connectivity index (χ0v) is 18.6. The van der Waals surface area contributed by atoms with Crippen LogP contribution in [0.4, 0.5) is 0 Å². The molecule has 2 aromatic rings. The Balaban J connectivity index is 1.50. The second kappa shape index (κ2) is 9.37. The minimum Gasteiger partial charge on any atom is -0.460 e. The number of carbonyl (C=O) groups is 1. The Bertz CT molecular complexity index is 901. The molecule has 164 valence electrons. The average Bonchev–Trinajstić information content (AvgIpc) is 2.80. The van der Waals surface area contributed by atoms with Crippen molar-refractivity contribution in [2.75, 3.05) is 0 Å². The molecule has 2 aliphatic rings. The Morgan fingerprint density at radius 3 is 2.26 bits per heavy atom. The quantitative estimate of drug-likeness (QED) is 0.338. The monoisotopic (exact) mass is 420 g/mol. The smallest absolute Gasteiger partial charge is 0.343 e. The third-order valence-electron chi connectivity index (χ3n) is 6.73. The van der Waals surface area contributed by atoms with E-state index < -0.39 is 6.10 Å². The molecule has 4 atom stereocenters. The van der Waals surface area contributed by atoms with Gasteiger partial charge < -0.3 is 4.74 Å². The van der Waals surface area contributed by atoms with Gasteiger partial charge >= 0.3 is 5.97 Å². The van der Waals surface area contributed by atoms with E-state index >= 15 is 0 Å². The largest absolute Gasteiger partial charge is 0.460 e. The van der Waals surface area contributed by atoms with E-state index in [1.165, 1.54) is 16.7 Å². The molecular weight excluding hydrogens is 388 g/mol. The van der Waals surface area contributed by atoms with E-state index in [0.717, 1.165) is 25.7 Å². The van der Waals surface area contributed by atoms with Gasteiger partial charge in [0.2, 0.25) is 6.10 Å². The SMILES string of the molecule is C[C@@H]1C=C[C@H](C(=O)O[C@H]2CCCC[C@@H]2C(C)(C)c2ccc(-c3ccccc3)cc2)OO1. The molecule has 0 radical (unpaired) electrons. The Labute approximate surface area is 185 Å². The molecule has 31 heavy (non-hydrogen) atoms. The molecular formula is C27H32O4. The highest BCUT2D eigenvalue weighted by Gasteiger charge is 2.41. The van der Waals surface area contributed by atoms with Gasteiger partial charge in [-0.3, -0.25) is 0 Å². The number of rotatable bonds is 5. The number of carbonyl (C=O) groups excluding carboxylic acids is 1. The van der Waals surface area contributed by atoms with Gasteiger partial charge in [-0.2, -0.15) is 0 Å². The summed E-state index contributed by atoms with van der Waals surface area (Å²) in [6.07, 6.45) is 6.65. The van der Waals surface area contributed by atoms with Crippen LogP contribution in [0, 0.1) is 5.92 Å². The lowest BCUT2D eigenvalue weighted by molar-refractivity contribution is -0.333. The van der Waals surface area contributed by atoms with Crippen molar-refractivity contribution >= 4 is 5.97 Å². The van der Waals surface area contributed by atoms with E-state index in [2.05, 4.69) is 62.4 Å². The molecule has 4 heteroatoms. The minimum atomic E-state index is -0.785. The molecule has 0 spiro atoms. The summed E-state index contributed by atoms with van der Waals surface area (Å²) in [6, 6.07) is 19.2. The molecule has 1 heterocycles. The van der Waals surface area contributed by atoms with E-state index in [0.29, 0.717) is 0 Å². The molecule has 0 saturated heterocycles. The summed E-state index contributed by atoms with van der Waals surface area (Å²) >= 11 is 0. The molecule has 4 nitrogen and oxygen atoms in total. The van der Waals surface area contributed by atoms with E-state index in [-0.39, 0.29) is 29.5 Å². The lowest BCUT2D eigenvalue weighted by Gasteiger charge is -2.42. The molecule has 1 saturated carbocycles.